The molecule has 0 saturated heterocycles. The van der Waals surface area contributed by atoms with Gasteiger partial charge >= 0.3 is 0 Å². The van der Waals surface area contributed by atoms with Crippen LogP contribution in [0, 0.1) is 0 Å². The molecule has 0 unspecified atom stereocenters. The third-order valence-corrected chi connectivity index (χ3v) is 5.24. The lowest BCUT2D eigenvalue weighted by Gasteiger charge is -2.10. The Labute approximate surface area is 161 Å². The van der Waals surface area contributed by atoms with Gasteiger partial charge in [-0.2, -0.15) is 0 Å². The zero-order valence-electron chi connectivity index (χ0n) is 13.7. The number of halogens is 2. The zero-order valence-corrected chi connectivity index (χ0v) is 16.0. The molecule has 25 heavy (non-hydrogen) atoms. The fraction of sp³-hybridized carbons (Fsp3) is 0.222. The van der Waals surface area contributed by atoms with E-state index in [9.17, 15) is 0 Å². The second-order valence-corrected chi connectivity index (χ2v) is 7.13. The maximum absolute atomic E-state index is 6.26. The van der Waals surface area contributed by atoms with Crippen molar-refractivity contribution in [2.45, 2.75) is 17.5 Å². The van der Waals surface area contributed by atoms with Crippen molar-refractivity contribution in [2.75, 3.05) is 13.7 Å². The first-order valence-electron chi connectivity index (χ1n) is 7.73. The van der Waals surface area contributed by atoms with Crippen molar-refractivity contribution in [3.8, 4) is 11.4 Å². The van der Waals surface area contributed by atoms with E-state index >= 15 is 0 Å². The van der Waals surface area contributed by atoms with E-state index < -0.39 is 0 Å². The van der Waals surface area contributed by atoms with E-state index in [1.54, 1.807) is 24.9 Å². The first-order valence-corrected chi connectivity index (χ1v) is 9.47. The second-order valence-electron chi connectivity index (χ2n) is 5.34. The molecule has 1 aromatic heterocycles. The Morgan fingerprint density at radius 2 is 1.88 bits per heavy atom. The van der Waals surface area contributed by atoms with Crippen LogP contribution in [0.1, 0.15) is 5.56 Å². The number of hydrogen-bond donors (Lipinski definition) is 0. The summed E-state index contributed by atoms with van der Waals surface area (Å²) in [6, 6.07) is 15.5. The fourth-order valence-electron chi connectivity index (χ4n) is 2.36. The van der Waals surface area contributed by atoms with Crippen LogP contribution in [0.2, 0.25) is 10.0 Å². The van der Waals surface area contributed by atoms with Crippen LogP contribution in [0.3, 0.4) is 0 Å². The topological polar surface area (TPSA) is 39.9 Å². The van der Waals surface area contributed by atoms with Gasteiger partial charge in [0.15, 0.2) is 11.0 Å². The summed E-state index contributed by atoms with van der Waals surface area (Å²) in [5, 5.41) is 10.9. The molecule has 3 rings (SSSR count). The number of ether oxygens (including phenoxy) is 1. The quantitative estimate of drug-likeness (QED) is 0.517. The summed E-state index contributed by atoms with van der Waals surface area (Å²) in [4.78, 5) is 0. The average molecular weight is 394 g/mol. The van der Waals surface area contributed by atoms with E-state index in [1.165, 1.54) is 0 Å². The van der Waals surface area contributed by atoms with E-state index in [0.29, 0.717) is 28.9 Å². The van der Waals surface area contributed by atoms with Gasteiger partial charge in [-0.25, -0.2) is 0 Å². The number of thioether (sulfide) groups is 1. The first kappa shape index (κ1) is 18.3. The first-order chi connectivity index (χ1) is 12.2. The van der Waals surface area contributed by atoms with Gasteiger partial charge < -0.3 is 4.74 Å². The Kier molecular flexibility index (Phi) is 6.37. The second kappa shape index (κ2) is 8.72. The van der Waals surface area contributed by atoms with Crippen LogP contribution in [0.5, 0.6) is 0 Å². The standard InChI is InChI=1S/C18H17Cl2N3OS/c1-24-10-9-23-17(13-5-3-2-4-6-13)21-22-18(23)25-12-14-7-8-15(19)11-16(14)20/h2-8,11H,9-10,12H2,1H3. The summed E-state index contributed by atoms with van der Waals surface area (Å²) < 4.78 is 7.31. The molecule has 0 aliphatic heterocycles. The molecule has 0 aliphatic rings. The normalized spacial score (nSPS) is 11.0. The number of rotatable bonds is 7. The van der Waals surface area contributed by atoms with Crippen molar-refractivity contribution in [3.05, 3.63) is 64.1 Å². The van der Waals surface area contributed by atoms with Gasteiger partial charge in [-0.1, -0.05) is 71.4 Å². The van der Waals surface area contributed by atoms with Crippen molar-refractivity contribution in [3.63, 3.8) is 0 Å². The number of benzene rings is 2. The third-order valence-electron chi connectivity index (χ3n) is 3.64. The van der Waals surface area contributed by atoms with E-state index in [4.69, 9.17) is 27.9 Å². The number of hydrogen-bond acceptors (Lipinski definition) is 4. The monoisotopic (exact) mass is 393 g/mol. The molecule has 0 bridgehead atoms. The molecule has 1 heterocycles. The summed E-state index contributed by atoms with van der Waals surface area (Å²) in [7, 11) is 1.69. The molecule has 130 valence electrons. The molecular formula is C18H17Cl2N3OS. The lowest BCUT2D eigenvalue weighted by molar-refractivity contribution is 0.185. The Balaban J connectivity index is 1.84. The largest absolute Gasteiger partial charge is 0.383 e. The van der Waals surface area contributed by atoms with Crippen LogP contribution >= 0.6 is 35.0 Å². The van der Waals surface area contributed by atoms with Gasteiger partial charge in [-0.15, -0.1) is 10.2 Å². The van der Waals surface area contributed by atoms with Gasteiger partial charge in [0.05, 0.1) is 13.2 Å². The van der Waals surface area contributed by atoms with Crippen LogP contribution in [0.4, 0.5) is 0 Å². The summed E-state index contributed by atoms with van der Waals surface area (Å²) >= 11 is 13.8. The lowest BCUT2D eigenvalue weighted by Crippen LogP contribution is -2.07. The molecular weight excluding hydrogens is 377 g/mol. The van der Waals surface area contributed by atoms with E-state index in [0.717, 1.165) is 22.1 Å². The van der Waals surface area contributed by atoms with Gasteiger partial charge in [0.2, 0.25) is 0 Å². The summed E-state index contributed by atoms with van der Waals surface area (Å²) in [5.74, 6) is 1.53. The van der Waals surface area contributed by atoms with Gasteiger partial charge in [0.25, 0.3) is 0 Å². The molecule has 0 aliphatic carbocycles. The van der Waals surface area contributed by atoms with E-state index in [2.05, 4.69) is 14.8 Å². The van der Waals surface area contributed by atoms with Crippen molar-refractivity contribution >= 4 is 35.0 Å². The molecule has 0 amide bonds. The van der Waals surface area contributed by atoms with Crippen LogP contribution < -0.4 is 0 Å². The highest BCUT2D eigenvalue weighted by Gasteiger charge is 2.14. The smallest absolute Gasteiger partial charge is 0.191 e. The van der Waals surface area contributed by atoms with E-state index in [-0.39, 0.29) is 0 Å². The number of nitrogens with zero attached hydrogens (tertiary/aromatic N) is 3. The summed E-state index contributed by atoms with van der Waals surface area (Å²) in [6.45, 7) is 1.28. The Bertz CT molecular complexity index is 840. The average Bonchev–Trinajstić information content (AvgIpc) is 3.02. The summed E-state index contributed by atoms with van der Waals surface area (Å²) in [6.07, 6.45) is 0. The molecule has 0 saturated carbocycles. The minimum Gasteiger partial charge on any atom is -0.383 e. The van der Waals surface area contributed by atoms with Crippen LogP contribution in [-0.2, 0) is 17.0 Å². The Morgan fingerprint density at radius 3 is 2.60 bits per heavy atom. The fourth-order valence-corrected chi connectivity index (χ4v) is 3.88. The van der Waals surface area contributed by atoms with Gasteiger partial charge in [0, 0.05) is 28.5 Å². The molecule has 3 aromatic rings. The van der Waals surface area contributed by atoms with E-state index in [1.807, 2.05) is 42.5 Å². The minimum absolute atomic E-state index is 0.590. The van der Waals surface area contributed by atoms with Gasteiger partial charge in [-0.05, 0) is 17.7 Å². The van der Waals surface area contributed by atoms with Crippen LogP contribution in [0.25, 0.3) is 11.4 Å². The number of methoxy groups -OCH3 is 1. The maximum atomic E-state index is 6.26. The molecule has 7 heteroatoms. The van der Waals surface area contributed by atoms with Gasteiger partial charge in [0.1, 0.15) is 0 Å². The SMILES string of the molecule is COCCn1c(SCc2ccc(Cl)cc2Cl)nnc1-c1ccccc1. The highest BCUT2D eigenvalue weighted by molar-refractivity contribution is 7.98. The molecule has 0 radical (unpaired) electrons. The molecule has 0 spiro atoms. The third kappa shape index (κ3) is 4.55. The van der Waals surface area contributed by atoms with Crippen LogP contribution in [-0.4, -0.2) is 28.5 Å². The molecule has 0 N–H and O–H groups in total. The van der Waals surface area contributed by atoms with Crippen molar-refractivity contribution in [2.24, 2.45) is 0 Å². The molecule has 2 aromatic carbocycles. The molecule has 4 nitrogen and oxygen atoms in total. The predicted octanol–water partition coefficient (Wildman–Crippen LogP) is 5.19. The maximum Gasteiger partial charge on any atom is 0.191 e. The molecule has 0 atom stereocenters. The predicted molar refractivity (Wildman–Crippen MR) is 103 cm³/mol. The van der Waals surface area contributed by atoms with Crippen molar-refractivity contribution in [1.82, 2.24) is 14.8 Å². The minimum atomic E-state index is 0.590. The Hall–Kier alpha value is -1.53. The zero-order chi connectivity index (χ0) is 17.6. The van der Waals surface area contributed by atoms with Crippen molar-refractivity contribution in [1.29, 1.82) is 0 Å². The highest BCUT2D eigenvalue weighted by Crippen LogP contribution is 2.30. The Morgan fingerprint density at radius 1 is 1.08 bits per heavy atom. The van der Waals surface area contributed by atoms with Crippen LogP contribution in [0.15, 0.2) is 53.7 Å². The number of aromatic nitrogens is 3. The van der Waals surface area contributed by atoms with Crippen molar-refractivity contribution < 1.29 is 4.74 Å². The molecule has 0 fully saturated rings. The lowest BCUT2D eigenvalue weighted by atomic mass is 10.2. The highest BCUT2D eigenvalue weighted by atomic mass is 35.5. The van der Waals surface area contributed by atoms with Gasteiger partial charge in [-0.3, -0.25) is 4.57 Å². The summed E-state index contributed by atoms with van der Waals surface area (Å²) in [5.41, 5.74) is 2.04.